The monoisotopic (exact) mass is 697 g/mol. The first-order valence-corrected chi connectivity index (χ1v) is 19.9. The molecule has 2 amide bonds. The second-order valence-corrected chi connectivity index (χ2v) is 18.1. The van der Waals surface area contributed by atoms with Crippen molar-refractivity contribution in [1.29, 1.82) is 0 Å². The highest BCUT2D eigenvalue weighted by molar-refractivity contribution is 6.71. The van der Waals surface area contributed by atoms with Crippen LogP contribution in [0.5, 0.6) is 0 Å². The first-order chi connectivity index (χ1) is 23.8. The van der Waals surface area contributed by atoms with Crippen molar-refractivity contribution in [3.63, 3.8) is 0 Å². The van der Waals surface area contributed by atoms with E-state index in [1.165, 1.54) is 21.7 Å². The fourth-order valence-corrected chi connectivity index (χ4v) is 11.0. The molecule has 3 aliphatic heterocycles. The summed E-state index contributed by atoms with van der Waals surface area (Å²) in [5.41, 5.74) is -0.827. The number of aliphatic hydroxyl groups excluding tert-OH is 1. The summed E-state index contributed by atoms with van der Waals surface area (Å²) in [6.07, 6.45) is 2.14. The van der Waals surface area contributed by atoms with E-state index in [0.29, 0.717) is 40.9 Å². The molecule has 0 unspecified atom stereocenters. The summed E-state index contributed by atoms with van der Waals surface area (Å²) in [5.74, 6) is -1.31. The lowest BCUT2D eigenvalue weighted by molar-refractivity contribution is -0.385. The highest BCUT2D eigenvalue weighted by Gasteiger charge is 2.66. The minimum Gasteiger partial charge on any atom is -0.432 e. The molecule has 4 heterocycles. The molecule has 5 atom stereocenters. The molecule has 2 fully saturated rings. The van der Waals surface area contributed by atoms with Crippen LogP contribution in [0.1, 0.15) is 37.3 Å². The average molecular weight is 698 g/mol. The van der Waals surface area contributed by atoms with Crippen molar-refractivity contribution < 1.29 is 29.2 Å². The number of nitro groups is 1. The summed E-state index contributed by atoms with van der Waals surface area (Å²) in [6.45, 7) is 5.72. The number of amides is 2. The van der Waals surface area contributed by atoms with Crippen LogP contribution in [0.4, 0.5) is 11.4 Å². The Labute approximate surface area is 289 Å². The predicted octanol–water partition coefficient (Wildman–Crippen LogP) is 4.01. The molecule has 0 saturated carbocycles. The van der Waals surface area contributed by atoms with E-state index in [4.69, 9.17) is 4.74 Å². The van der Waals surface area contributed by atoms with Crippen molar-refractivity contribution >= 4 is 42.3 Å². The average Bonchev–Trinajstić information content (AvgIpc) is 3.75. The quantitative estimate of drug-likeness (QED) is 0.157. The third kappa shape index (κ3) is 5.43. The van der Waals surface area contributed by atoms with Gasteiger partial charge < -0.3 is 24.4 Å². The standard InChI is InChI=1S/C36H39N5O8Si/c1-22-33(50(2,3)48)31(18-32(43)38-15-7-11-27(38)21-42)49-36(22)29-17-26(41(46)47)13-14-30(29)39(35(36)45)20-23-8-6-10-25(16-23)40-34(44)28-12-5-4-9-24(28)19-37-40/h4-6,8-10,12-14,16-17,19,22,27,31,33,42,48H,7,11,15,18,20-21H2,1-3H3/t22-,27-,31+,33-,36+/m0/s1. The van der Waals surface area contributed by atoms with Crippen LogP contribution in [-0.4, -0.2) is 74.9 Å². The smallest absolute Gasteiger partial charge is 0.279 e. The maximum atomic E-state index is 14.9. The summed E-state index contributed by atoms with van der Waals surface area (Å²) >= 11 is 0. The van der Waals surface area contributed by atoms with Gasteiger partial charge in [-0.1, -0.05) is 37.3 Å². The molecule has 4 aromatic rings. The lowest BCUT2D eigenvalue weighted by Gasteiger charge is -2.32. The fourth-order valence-electron chi connectivity index (χ4n) is 8.42. The molecule has 0 aliphatic carbocycles. The van der Waals surface area contributed by atoms with Crippen molar-refractivity contribution in [1.82, 2.24) is 14.7 Å². The number of hydrogen-bond acceptors (Lipinski definition) is 9. The molecule has 3 aromatic carbocycles. The molecule has 0 radical (unpaired) electrons. The largest absolute Gasteiger partial charge is 0.432 e. The molecular weight excluding hydrogens is 659 g/mol. The molecule has 50 heavy (non-hydrogen) atoms. The molecule has 7 rings (SSSR count). The zero-order chi connectivity index (χ0) is 35.5. The van der Waals surface area contributed by atoms with Gasteiger partial charge in [-0.3, -0.25) is 24.5 Å². The summed E-state index contributed by atoms with van der Waals surface area (Å²) in [6, 6.07) is 18.3. The third-order valence-corrected chi connectivity index (χ3v) is 13.2. The summed E-state index contributed by atoms with van der Waals surface area (Å²) in [7, 11) is -3.12. The van der Waals surface area contributed by atoms with Crippen LogP contribution in [0.15, 0.2) is 77.7 Å². The van der Waals surface area contributed by atoms with Crippen molar-refractivity contribution in [3.8, 4) is 5.69 Å². The number of benzene rings is 3. The van der Waals surface area contributed by atoms with Crippen molar-refractivity contribution in [2.24, 2.45) is 5.92 Å². The van der Waals surface area contributed by atoms with Gasteiger partial charge in [0.05, 0.1) is 59.6 Å². The number of nitro benzene ring substituents is 1. The molecule has 1 aromatic heterocycles. The number of likely N-dealkylation sites (tertiary alicyclic amines) is 1. The van der Waals surface area contributed by atoms with Gasteiger partial charge in [0.25, 0.3) is 17.2 Å². The van der Waals surface area contributed by atoms with Gasteiger partial charge in [-0.15, -0.1) is 0 Å². The van der Waals surface area contributed by atoms with E-state index in [2.05, 4.69) is 5.10 Å². The Balaban J connectivity index is 1.27. The van der Waals surface area contributed by atoms with Crippen molar-refractivity contribution in [3.05, 3.63) is 105 Å². The molecule has 2 N–H and O–H groups in total. The highest BCUT2D eigenvalue weighted by atomic mass is 28.4. The van der Waals surface area contributed by atoms with E-state index in [9.17, 15) is 34.4 Å². The number of aliphatic hydroxyl groups is 1. The number of aromatic nitrogens is 2. The van der Waals surface area contributed by atoms with Crippen LogP contribution in [0.2, 0.25) is 18.6 Å². The van der Waals surface area contributed by atoms with Crippen LogP contribution in [-0.2, 0) is 26.5 Å². The maximum Gasteiger partial charge on any atom is 0.279 e. The summed E-state index contributed by atoms with van der Waals surface area (Å²) in [4.78, 5) is 68.1. The molecule has 14 heteroatoms. The number of ether oxygens (including phenoxy) is 1. The van der Waals surface area contributed by atoms with Crippen molar-refractivity contribution in [2.75, 3.05) is 18.1 Å². The molecule has 0 bridgehead atoms. The van der Waals surface area contributed by atoms with Gasteiger partial charge in [-0.25, -0.2) is 0 Å². The van der Waals surface area contributed by atoms with Crippen LogP contribution < -0.4 is 10.5 Å². The molecular formula is C36H39N5O8Si. The molecule has 2 saturated heterocycles. The van der Waals surface area contributed by atoms with E-state index in [1.54, 1.807) is 60.6 Å². The number of nitrogens with zero attached hydrogens (tertiary/aromatic N) is 5. The topological polar surface area (TPSA) is 168 Å². The van der Waals surface area contributed by atoms with Gasteiger partial charge in [-0.2, -0.15) is 9.78 Å². The number of carbonyl (C=O) groups excluding carboxylic acids is 2. The molecule has 3 aliphatic rings. The highest BCUT2D eigenvalue weighted by Crippen LogP contribution is 2.60. The van der Waals surface area contributed by atoms with Gasteiger partial charge in [-0.05, 0) is 55.8 Å². The second kappa shape index (κ2) is 12.5. The summed E-state index contributed by atoms with van der Waals surface area (Å²) in [5, 5.41) is 27.5. The van der Waals surface area contributed by atoms with Crippen LogP contribution in [0.25, 0.3) is 16.5 Å². The van der Waals surface area contributed by atoms with E-state index in [-0.39, 0.29) is 42.8 Å². The second-order valence-electron chi connectivity index (χ2n) is 14.1. The van der Waals surface area contributed by atoms with E-state index >= 15 is 0 Å². The van der Waals surface area contributed by atoms with Gasteiger partial charge in [0.1, 0.15) is 0 Å². The molecule has 13 nitrogen and oxygen atoms in total. The molecule has 1 spiro atoms. The molecule has 260 valence electrons. The SMILES string of the molecule is C[C@H]1[C@H]([Si](C)(C)O)[C@@H](CC(=O)N2CCC[C@H]2CO)O[C@]12C(=O)N(Cc1cccc(-n3ncc4ccccc4c3=O)c1)c1ccc([N+](=O)[O-])cc12. The van der Waals surface area contributed by atoms with Gasteiger partial charge in [0, 0.05) is 41.1 Å². The first kappa shape index (κ1) is 33.7. The Morgan fingerprint density at radius 1 is 1.12 bits per heavy atom. The number of anilines is 1. The zero-order valence-electron chi connectivity index (χ0n) is 28.1. The van der Waals surface area contributed by atoms with Crippen LogP contribution in [0.3, 0.4) is 0 Å². The normalized spacial score (nSPS) is 24.8. The number of carbonyl (C=O) groups is 2. The third-order valence-electron chi connectivity index (χ3n) is 10.7. The van der Waals surface area contributed by atoms with E-state index in [1.807, 2.05) is 25.1 Å². The predicted molar refractivity (Wildman–Crippen MR) is 187 cm³/mol. The number of non-ortho nitro benzene ring substituents is 1. The summed E-state index contributed by atoms with van der Waals surface area (Å²) < 4.78 is 8.05. The van der Waals surface area contributed by atoms with E-state index < -0.39 is 42.3 Å². The Kier molecular flexibility index (Phi) is 8.45. The minimum absolute atomic E-state index is 0.0534. The number of rotatable bonds is 8. The lowest BCUT2D eigenvalue weighted by atomic mass is 9.82. The Hall–Kier alpha value is -4.76. The zero-order valence-corrected chi connectivity index (χ0v) is 29.1. The van der Waals surface area contributed by atoms with Gasteiger partial charge in [0.2, 0.25) is 5.91 Å². The number of hydrogen-bond donors (Lipinski definition) is 2. The maximum absolute atomic E-state index is 14.9. The Bertz CT molecular complexity index is 2080. The van der Waals surface area contributed by atoms with Gasteiger partial charge in [0.15, 0.2) is 13.9 Å². The van der Waals surface area contributed by atoms with Crippen molar-refractivity contribution in [2.45, 2.75) is 69.1 Å². The Morgan fingerprint density at radius 3 is 2.64 bits per heavy atom. The lowest BCUT2D eigenvalue weighted by Crippen LogP contribution is -2.46. The number of fused-ring (bicyclic) bond motifs is 3. The van der Waals surface area contributed by atoms with Crippen LogP contribution >= 0.6 is 0 Å². The Morgan fingerprint density at radius 2 is 1.90 bits per heavy atom. The van der Waals surface area contributed by atoms with Gasteiger partial charge >= 0.3 is 0 Å². The fraction of sp³-hybridized carbons (Fsp3) is 0.389. The van der Waals surface area contributed by atoms with E-state index in [0.717, 1.165) is 11.8 Å². The minimum atomic E-state index is -3.12. The van der Waals surface area contributed by atoms with Crippen LogP contribution in [0, 0.1) is 16.0 Å². The first-order valence-electron chi connectivity index (χ1n) is 16.8.